The third-order valence-corrected chi connectivity index (χ3v) is 4.94. The number of thiazole rings is 1. The highest BCUT2D eigenvalue weighted by molar-refractivity contribution is 7.13. The SMILES string of the molecule is CC(=O)Nc1nc(CN2CCN(c3cccc(C(F)(F)F)c3)CC2)cs1. The molecule has 1 fully saturated rings. The first-order valence-electron chi connectivity index (χ1n) is 8.18. The van der Waals surface area contributed by atoms with Gasteiger partial charge in [-0.2, -0.15) is 13.2 Å². The lowest BCUT2D eigenvalue weighted by molar-refractivity contribution is -0.137. The number of amides is 1. The van der Waals surface area contributed by atoms with Crippen LogP contribution in [0, 0.1) is 0 Å². The van der Waals surface area contributed by atoms with E-state index in [0.717, 1.165) is 24.8 Å². The number of hydrogen-bond acceptors (Lipinski definition) is 5. The van der Waals surface area contributed by atoms with Gasteiger partial charge < -0.3 is 10.2 Å². The van der Waals surface area contributed by atoms with Gasteiger partial charge in [0, 0.05) is 50.7 Å². The van der Waals surface area contributed by atoms with Crippen LogP contribution in [0.3, 0.4) is 0 Å². The number of alkyl halides is 3. The molecule has 1 aliphatic heterocycles. The van der Waals surface area contributed by atoms with Gasteiger partial charge in [-0.1, -0.05) is 6.07 Å². The van der Waals surface area contributed by atoms with E-state index in [0.29, 0.717) is 30.5 Å². The molecule has 1 N–H and O–H groups in total. The molecule has 0 spiro atoms. The fraction of sp³-hybridized carbons (Fsp3) is 0.412. The summed E-state index contributed by atoms with van der Waals surface area (Å²) in [5, 5.41) is 5.14. The Labute approximate surface area is 153 Å². The Morgan fingerprint density at radius 1 is 1.27 bits per heavy atom. The fourth-order valence-corrected chi connectivity index (χ4v) is 3.61. The van der Waals surface area contributed by atoms with Crippen molar-refractivity contribution < 1.29 is 18.0 Å². The van der Waals surface area contributed by atoms with Crippen molar-refractivity contribution in [2.75, 3.05) is 36.4 Å². The number of benzene rings is 1. The molecule has 2 heterocycles. The van der Waals surface area contributed by atoms with Gasteiger partial charge in [0.05, 0.1) is 11.3 Å². The van der Waals surface area contributed by atoms with E-state index in [4.69, 9.17) is 0 Å². The van der Waals surface area contributed by atoms with Crippen molar-refractivity contribution in [3.05, 3.63) is 40.9 Å². The Bertz CT molecular complexity index is 769. The molecule has 26 heavy (non-hydrogen) atoms. The molecule has 0 radical (unpaired) electrons. The van der Waals surface area contributed by atoms with Crippen LogP contribution in [0.1, 0.15) is 18.2 Å². The van der Waals surface area contributed by atoms with Crippen LogP contribution in [-0.2, 0) is 17.5 Å². The summed E-state index contributed by atoms with van der Waals surface area (Å²) in [5.74, 6) is -0.152. The zero-order valence-electron chi connectivity index (χ0n) is 14.2. The zero-order chi connectivity index (χ0) is 18.7. The molecule has 1 aromatic carbocycles. The van der Waals surface area contributed by atoms with Gasteiger partial charge >= 0.3 is 6.18 Å². The molecule has 0 atom stereocenters. The van der Waals surface area contributed by atoms with Crippen LogP contribution < -0.4 is 10.2 Å². The van der Waals surface area contributed by atoms with Crippen molar-refractivity contribution in [1.29, 1.82) is 0 Å². The second kappa shape index (κ2) is 7.63. The lowest BCUT2D eigenvalue weighted by Crippen LogP contribution is -2.46. The molecule has 0 aliphatic carbocycles. The van der Waals surface area contributed by atoms with Gasteiger partial charge in [0.2, 0.25) is 5.91 Å². The molecule has 5 nitrogen and oxygen atoms in total. The second-order valence-corrected chi connectivity index (χ2v) is 6.99. The largest absolute Gasteiger partial charge is 0.416 e. The van der Waals surface area contributed by atoms with E-state index in [1.165, 1.54) is 30.4 Å². The Balaban J connectivity index is 1.56. The van der Waals surface area contributed by atoms with E-state index in [2.05, 4.69) is 15.2 Å². The standard InChI is InChI=1S/C17H19F3N4OS/c1-12(25)21-16-22-14(11-26-16)10-23-5-7-24(8-6-23)15-4-2-3-13(9-15)17(18,19)20/h2-4,9,11H,5-8,10H2,1H3,(H,21,22,25). The summed E-state index contributed by atoms with van der Waals surface area (Å²) in [6.07, 6.45) is -4.33. The summed E-state index contributed by atoms with van der Waals surface area (Å²) in [7, 11) is 0. The molecule has 1 saturated heterocycles. The molecule has 1 amide bonds. The minimum Gasteiger partial charge on any atom is -0.369 e. The predicted molar refractivity (Wildman–Crippen MR) is 95.4 cm³/mol. The number of piperazine rings is 1. The Morgan fingerprint density at radius 3 is 2.65 bits per heavy atom. The molecule has 9 heteroatoms. The fourth-order valence-electron chi connectivity index (χ4n) is 2.86. The maximum absolute atomic E-state index is 12.9. The van der Waals surface area contributed by atoms with Crippen molar-refractivity contribution in [3.63, 3.8) is 0 Å². The van der Waals surface area contributed by atoms with E-state index in [-0.39, 0.29) is 5.91 Å². The number of aromatic nitrogens is 1. The Morgan fingerprint density at radius 2 is 2.00 bits per heavy atom. The average Bonchev–Trinajstić information content (AvgIpc) is 3.01. The van der Waals surface area contributed by atoms with E-state index in [9.17, 15) is 18.0 Å². The van der Waals surface area contributed by atoms with Crippen molar-refractivity contribution >= 4 is 28.1 Å². The first-order chi connectivity index (χ1) is 12.3. The normalized spacial score (nSPS) is 15.9. The van der Waals surface area contributed by atoms with Crippen LogP contribution >= 0.6 is 11.3 Å². The summed E-state index contributed by atoms with van der Waals surface area (Å²) >= 11 is 1.38. The number of halogens is 3. The minimum absolute atomic E-state index is 0.152. The van der Waals surface area contributed by atoms with Gasteiger partial charge in [-0.15, -0.1) is 11.3 Å². The number of nitrogens with zero attached hydrogens (tertiary/aromatic N) is 3. The maximum Gasteiger partial charge on any atom is 0.416 e. The number of nitrogens with one attached hydrogen (secondary N) is 1. The number of anilines is 2. The highest BCUT2D eigenvalue weighted by Gasteiger charge is 2.31. The van der Waals surface area contributed by atoms with Crippen molar-refractivity contribution in [3.8, 4) is 0 Å². The molecule has 0 unspecified atom stereocenters. The molecule has 3 rings (SSSR count). The first kappa shape index (κ1) is 18.7. The topological polar surface area (TPSA) is 48.5 Å². The molecule has 1 aliphatic rings. The molecule has 2 aromatic rings. The van der Waals surface area contributed by atoms with Crippen LogP contribution in [0.5, 0.6) is 0 Å². The van der Waals surface area contributed by atoms with Gasteiger partial charge in [0.1, 0.15) is 0 Å². The first-order valence-corrected chi connectivity index (χ1v) is 9.06. The monoisotopic (exact) mass is 384 g/mol. The van der Waals surface area contributed by atoms with Gasteiger partial charge in [-0.25, -0.2) is 4.98 Å². The summed E-state index contributed by atoms with van der Waals surface area (Å²) in [6.45, 7) is 4.89. The van der Waals surface area contributed by atoms with Gasteiger partial charge in [-0.05, 0) is 18.2 Å². The van der Waals surface area contributed by atoms with Gasteiger partial charge in [-0.3, -0.25) is 9.69 Å². The van der Waals surface area contributed by atoms with Crippen LogP contribution in [0.15, 0.2) is 29.6 Å². The summed E-state index contributed by atoms with van der Waals surface area (Å²) in [6, 6.07) is 5.46. The van der Waals surface area contributed by atoms with Crippen LogP contribution in [0.2, 0.25) is 0 Å². The van der Waals surface area contributed by atoms with Gasteiger partial charge in [0.15, 0.2) is 5.13 Å². The third kappa shape index (κ3) is 4.73. The van der Waals surface area contributed by atoms with E-state index in [1.807, 2.05) is 10.3 Å². The summed E-state index contributed by atoms with van der Waals surface area (Å²) in [4.78, 5) is 19.6. The number of hydrogen-bond donors (Lipinski definition) is 1. The van der Waals surface area contributed by atoms with Crippen molar-refractivity contribution in [2.24, 2.45) is 0 Å². The van der Waals surface area contributed by atoms with Crippen LogP contribution in [0.4, 0.5) is 24.0 Å². The quantitative estimate of drug-likeness (QED) is 0.877. The predicted octanol–water partition coefficient (Wildman–Crippen LogP) is 3.44. The van der Waals surface area contributed by atoms with Crippen LogP contribution in [0.25, 0.3) is 0 Å². The zero-order valence-corrected chi connectivity index (χ0v) is 15.0. The highest BCUT2D eigenvalue weighted by Crippen LogP contribution is 2.32. The lowest BCUT2D eigenvalue weighted by Gasteiger charge is -2.36. The molecular formula is C17H19F3N4OS. The molecule has 0 saturated carbocycles. The van der Waals surface area contributed by atoms with Crippen molar-refractivity contribution in [2.45, 2.75) is 19.6 Å². The van der Waals surface area contributed by atoms with E-state index >= 15 is 0 Å². The number of carbonyl (C=O) groups is 1. The number of carbonyl (C=O) groups excluding carboxylic acids is 1. The molecule has 1 aromatic heterocycles. The highest BCUT2D eigenvalue weighted by atomic mass is 32.1. The third-order valence-electron chi connectivity index (χ3n) is 4.13. The van der Waals surface area contributed by atoms with Crippen LogP contribution in [-0.4, -0.2) is 42.0 Å². The van der Waals surface area contributed by atoms with Gasteiger partial charge in [0.25, 0.3) is 0 Å². The minimum atomic E-state index is -4.33. The average molecular weight is 384 g/mol. The maximum atomic E-state index is 12.9. The molecule has 0 bridgehead atoms. The Kier molecular flexibility index (Phi) is 5.47. The molecule has 140 valence electrons. The number of rotatable bonds is 4. The Hall–Kier alpha value is -2.13. The summed E-state index contributed by atoms with van der Waals surface area (Å²) < 4.78 is 38.6. The smallest absolute Gasteiger partial charge is 0.369 e. The molecular weight excluding hydrogens is 365 g/mol. The lowest BCUT2D eigenvalue weighted by atomic mass is 10.1. The second-order valence-electron chi connectivity index (χ2n) is 6.14. The summed E-state index contributed by atoms with van der Waals surface area (Å²) in [5.41, 5.74) is 0.859. The van der Waals surface area contributed by atoms with E-state index in [1.54, 1.807) is 6.07 Å². The van der Waals surface area contributed by atoms with E-state index < -0.39 is 11.7 Å². The van der Waals surface area contributed by atoms with Crippen molar-refractivity contribution in [1.82, 2.24) is 9.88 Å².